The van der Waals surface area contributed by atoms with E-state index in [1.807, 2.05) is 0 Å². The Hall–Kier alpha value is -4.45. The van der Waals surface area contributed by atoms with Crippen molar-refractivity contribution in [1.82, 2.24) is 0 Å². The van der Waals surface area contributed by atoms with Gasteiger partial charge < -0.3 is 14.2 Å². The van der Waals surface area contributed by atoms with E-state index in [4.69, 9.17) is 14.2 Å². The molecular weight excluding hydrogens is 901 g/mol. The largest absolute Gasteiger partial charge is 0.462 e. The van der Waals surface area contributed by atoms with E-state index < -0.39 is 6.10 Å². The highest BCUT2D eigenvalue weighted by Gasteiger charge is 2.19. The molecule has 0 aromatic heterocycles. The van der Waals surface area contributed by atoms with E-state index >= 15 is 0 Å². The van der Waals surface area contributed by atoms with Crippen molar-refractivity contribution in [2.75, 3.05) is 13.2 Å². The molecule has 0 rings (SSSR count). The van der Waals surface area contributed by atoms with Crippen molar-refractivity contribution >= 4 is 17.9 Å². The van der Waals surface area contributed by atoms with E-state index in [9.17, 15) is 14.4 Å². The smallest absolute Gasteiger partial charge is 0.306 e. The van der Waals surface area contributed by atoms with Crippen LogP contribution >= 0.6 is 0 Å². The average Bonchev–Trinajstić information content (AvgIpc) is 3.39. The van der Waals surface area contributed by atoms with Gasteiger partial charge in [-0.3, -0.25) is 14.4 Å². The van der Waals surface area contributed by atoms with Crippen LogP contribution in [0.25, 0.3) is 0 Å². The molecule has 0 aromatic carbocycles. The molecular formula is C67H108O6. The first-order chi connectivity index (χ1) is 36.0. The maximum atomic E-state index is 12.9. The first-order valence-electron chi connectivity index (χ1n) is 29.7. The predicted molar refractivity (Wildman–Crippen MR) is 316 cm³/mol. The van der Waals surface area contributed by atoms with Gasteiger partial charge in [0.25, 0.3) is 0 Å². The topological polar surface area (TPSA) is 78.9 Å². The van der Waals surface area contributed by atoms with Crippen LogP contribution in [0.1, 0.15) is 252 Å². The number of allylic oxidation sites excluding steroid dienone is 22. The second-order valence-corrected chi connectivity index (χ2v) is 19.1. The zero-order chi connectivity index (χ0) is 52.9. The highest BCUT2D eigenvalue weighted by atomic mass is 16.6. The maximum absolute atomic E-state index is 12.9. The van der Waals surface area contributed by atoms with Gasteiger partial charge >= 0.3 is 17.9 Å². The lowest BCUT2D eigenvalue weighted by atomic mass is 10.0. The van der Waals surface area contributed by atoms with Crippen molar-refractivity contribution in [3.05, 3.63) is 134 Å². The van der Waals surface area contributed by atoms with E-state index in [2.05, 4.69) is 154 Å². The fraction of sp³-hybridized carbons (Fsp3) is 0.627. The quantitative estimate of drug-likeness (QED) is 0.0261. The van der Waals surface area contributed by atoms with E-state index in [0.29, 0.717) is 12.8 Å². The van der Waals surface area contributed by atoms with Crippen molar-refractivity contribution in [1.29, 1.82) is 0 Å². The van der Waals surface area contributed by atoms with E-state index in [0.717, 1.165) is 148 Å². The molecule has 0 aliphatic carbocycles. The highest BCUT2D eigenvalue weighted by Crippen LogP contribution is 2.15. The standard InChI is InChI=1S/C67H108O6/c1-4-7-10-13-16-19-22-25-27-29-30-31-32-33-34-35-36-38-39-42-45-48-51-54-57-60-66(69)72-63-64(62-71-65(68)59-56-53-50-47-44-41-24-21-18-15-12-9-6-3)73-67(70)61-58-55-52-49-46-43-40-37-28-26-23-20-17-14-11-8-5-2/h7-12,16-21,25-28,30-31,40-41,43-44,64H,4-6,13-15,22-24,29,32-39,42,45-63H2,1-3H3/b10-7-,11-8-,12-9-,19-16-,20-17-,21-18-,27-25-,28-26-,31-30-,43-40-,44-41-. The lowest BCUT2D eigenvalue weighted by Gasteiger charge is -2.18. The Kier molecular flexibility index (Phi) is 56.4. The van der Waals surface area contributed by atoms with Gasteiger partial charge in [-0.15, -0.1) is 0 Å². The Morgan fingerprint density at radius 2 is 0.493 bits per heavy atom. The van der Waals surface area contributed by atoms with Gasteiger partial charge in [-0.2, -0.15) is 0 Å². The van der Waals surface area contributed by atoms with Gasteiger partial charge in [-0.1, -0.05) is 238 Å². The molecule has 0 aromatic rings. The number of esters is 3. The maximum Gasteiger partial charge on any atom is 0.306 e. The average molecular weight is 1010 g/mol. The third-order valence-electron chi connectivity index (χ3n) is 12.1. The van der Waals surface area contributed by atoms with Crippen LogP contribution in [0.15, 0.2) is 134 Å². The molecule has 0 amide bonds. The summed E-state index contributed by atoms with van der Waals surface area (Å²) >= 11 is 0. The molecule has 1 atom stereocenters. The van der Waals surface area contributed by atoms with Crippen LogP contribution in [0.5, 0.6) is 0 Å². The van der Waals surface area contributed by atoms with Crippen molar-refractivity contribution in [3.63, 3.8) is 0 Å². The molecule has 0 N–H and O–H groups in total. The van der Waals surface area contributed by atoms with E-state index in [1.165, 1.54) is 64.2 Å². The van der Waals surface area contributed by atoms with Crippen molar-refractivity contribution in [2.45, 2.75) is 258 Å². The molecule has 412 valence electrons. The van der Waals surface area contributed by atoms with Gasteiger partial charge in [0.05, 0.1) is 0 Å². The molecule has 1 unspecified atom stereocenters. The summed E-state index contributed by atoms with van der Waals surface area (Å²) < 4.78 is 16.8. The Bertz CT molecular complexity index is 1580. The number of ether oxygens (including phenoxy) is 3. The van der Waals surface area contributed by atoms with Crippen molar-refractivity contribution < 1.29 is 28.6 Å². The van der Waals surface area contributed by atoms with Crippen LogP contribution in [-0.4, -0.2) is 37.2 Å². The Morgan fingerprint density at radius 1 is 0.274 bits per heavy atom. The summed E-state index contributed by atoms with van der Waals surface area (Å²) in [5, 5.41) is 0. The number of hydrogen-bond donors (Lipinski definition) is 0. The second-order valence-electron chi connectivity index (χ2n) is 19.1. The Balaban J connectivity index is 4.38. The zero-order valence-corrected chi connectivity index (χ0v) is 47.1. The highest BCUT2D eigenvalue weighted by molar-refractivity contribution is 5.71. The number of carbonyl (C=O) groups excluding carboxylic acids is 3. The van der Waals surface area contributed by atoms with Crippen LogP contribution < -0.4 is 0 Å². The molecule has 0 saturated heterocycles. The van der Waals surface area contributed by atoms with Gasteiger partial charge in [0.2, 0.25) is 0 Å². The molecule has 0 bridgehead atoms. The molecule has 0 radical (unpaired) electrons. The molecule has 0 aliphatic rings. The van der Waals surface area contributed by atoms with E-state index in [-0.39, 0.29) is 37.5 Å². The van der Waals surface area contributed by atoms with Crippen LogP contribution in [0.2, 0.25) is 0 Å². The number of hydrogen-bond acceptors (Lipinski definition) is 6. The summed E-state index contributed by atoms with van der Waals surface area (Å²) in [6, 6.07) is 0. The lowest BCUT2D eigenvalue weighted by molar-refractivity contribution is -0.167. The third-order valence-corrected chi connectivity index (χ3v) is 12.1. The summed E-state index contributed by atoms with van der Waals surface area (Å²) in [4.78, 5) is 38.2. The minimum absolute atomic E-state index is 0.102. The summed E-state index contributed by atoms with van der Waals surface area (Å²) in [5.41, 5.74) is 0. The first-order valence-corrected chi connectivity index (χ1v) is 29.7. The number of unbranched alkanes of at least 4 members (excludes halogenated alkanes) is 19. The lowest BCUT2D eigenvalue weighted by Crippen LogP contribution is -2.30. The summed E-state index contributed by atoms with van der Waals surface area (Å²) in [6.45, 7) is 6.25. The zero-order valence-electron chi connectivity index (χ0n) is 47.1. The minimum atomic E-state index is -0.809. The minimum Gasteiger partial charge on any atom is -0.462 e. The summed E-state index contributed by atoms with van der Waals surface area (Å²) in [6.07, 6.45) is 84.5. The molecule has 0 saturated carbocycles. The van der Waals surface area contributed by atoms with E-state index in [1.54, 1.807) is 0 Å². The molecule has 0 spiro atoms. The van der Waals surface area contributed by atoms with Gasteiger partial charge in [0.15, 0.2) is 6.10 Å². The normalized spacial score (nSPS) is 13.1. The number of carbonyl (C=O) groups is 3. The van der Waals surface area contributed by atoms with Crippen LogP contribution in [0.4, 0.5) is 0 Å². The predicted octanol–water partition coefficient (Wildman–Crippen LogP) is 20.2. The fourth-order valence-electron chi connectivity index (χ4n) is 7.79. The summed E-state index contributed by atoms with van der Waals surface area (Å²) in [7, 11) is 0. The van der Waals surface area contributed by atoms with Crippen molar-refractivity contribution in [3.8, 4) is 0 Å². The molecule has 73 heavy (non-hydrogen) atoms. The summed E-state index contributed by atoms with van der Waals surface area (Å²) in [5.74, 6) is -0.961. The van der Waals surface area contributed by atoms with Crippen molar-refractivity contribution in [2.24, 2.45) is 0 Å². The van der Waals surface area contributed by atoms with Crippen LogP contribution in [0.3, 0.4) is 0 Å². The molecule has 0 fully saturated rings. The third kappa shape index (κ3) is 58.3. The first kappa shape index (κ1) is 68.6. The number of rotatable bonds is 52. The monoisotopic (exact) mass is 1010 g/mol. The fourth-order valence-corrected chi connectivity index (χ4v) is 7.79. The van der Waals surface area contributed by atoms with Crippen LogP contribution in [-0.2, 0) is 28.6 Å². The molecule has 0 heterocycles. The second kappa shape index (κ2) is 60.1. The van der Waals surface area contributed by atoms with Gasteiger partial charge in [-0.25, -0.2) is 0 Å². The molecule has 6 heteroatoms. The Labute approximate surface area is 449 Å². The SMILES string of the molecule is CC/C=C\C/C=C\C/C=C\C/C=C\CCCCCCCCCCCCCCC(=O)OCC(COC(=O)CCCCC/C=C\C/C=C\C/C=C\CC)OC(=O)CCCCCC/C=C\C/C=C\C/C=C\C/C=C\CC. The molecule has 0 aliphatic heterocycles. The van der Waals surface area contributed by atoms with Crippen LogP contribution in [0, 0.1) is 0 Å². The van der Waals surface area contributed by atoms with Gasteiger partial charge in [0, 0.05) is 19.3 Å². The van der Waals surface area contributed by atoms with Gasteiger partial charge in [0.1, 0.15) is 13.2 Å². The Morgan fingerprint density at radius 3 is 0.781 bits per heavy atom. The molecule has 6 nitrogen and oxygen atoms in total. The van der Waals surface area contributed by atoms with Gasteiger partial charge in [-0.05, 0) is 128 Å².